The molecule has 0 aromatic heterocycles. The molecule has 6 heteroatoms. The quantitative estimate of drug-likeness (QED) is 0.672. The summed E-state index contributed by atoms with van der Waals surface area (Å²) in [5, 5.41) is 2.92. The molecular formula is C24H31N3O3. The van der Waals surface area contributed by atoms with Crippen LogP contribution in [-0.2, 0) is 0 Å². The molecule has 0 atom stereocenters. The van der Waals surface area contributed by atoms with Crippen molar-refractivity contribution in [2.24, 2.45) is 0 Å². The third kappa shape index (κ3) is 5.60. The molecule has 0 saturated carbocycles. The second-order valence-electron chi connectivity index (χ2n) is 7.65. The molecule has 3 rings (SSSR count). The molecule has 0 unspecified atom stereocenters. The summed E-state index contributed by atoms with van der Waals surface area (Å²) in [5.74, 6) is 0.233. The van der Waals surface area contributed by atoms with E-state index in [1.165, 1.54) is 0 Å². The lowest BCUT2D eigenvalue weighted by Crippen LogP contribution is -2.47. The Kier molecular flexibility index (Phi) is 7.85. The molecular weight excluding hydrogens is 378 g/mol. The number of amides is 2. The number of rotatable bonds is 8. The first-order valence-electron chi connectivity index (χ1n) is 10.7. The highest BCUT2D eigenvalue weighted by Crippen LogP contribution is 2.23. The molecule has 1 fully saturated rings. The fourth-order valence-electron chi connectivity index (χ4n) is 3.46. The summed E-state index contributed by atoms with van der Waals surface area (Å²) >= 11 is 0. The van der Waals surface area contributed by atoms with Gasteiger partial charge < -0.3 is 19.9 Å². The maximum Gasteiger partial charge on any atom is 0.259 e. The molecule has 1 heterocycles. The maximum absolute atomic E-state index is 13.0. The number of unbranched alkanes of at least 4 members (excludes halogenated alkanes) is 2. The Morgan fingerprint density at radius 1 is 0.933 bits per heavy atom. The van der Waals surface area contributed by atoms with E-state index in [2.05, 4.69) is 24.2 Å². The van der Waals surface area contributed by atoms with E-state index < -0.39 is 0 Å². The second-order valence-corrected chi connectivity index (χ2v) is 7.65. The highest BCUT2D eigenvalue weighted by Gasteiger charge is 2.23. The van der Waals surface area contributed by atoms with E-state index in [0.717, 1.165) is 32.4 Å². The fraction of sp³-hybridized carbons (Fsp3) is 0.417. The van der Waals surface area contributed by atoms with Crippen molar-refractivity contribution in [3.63, 3.8) is 0 Å². The van der Waals surface area contributed by atoms with Gasteiger partial charge >= 0.3 is 0 Å². The van der Waals surface area contributed by atoms with Crippen molar-refractivity contribution in [2.75, 3.05) is 45.2 Å². The van der Waals surface area contributed by atoms with E-state index >= 15 is 0 Å². The minimum atomic E-state index is -0.278. The lowest BCUT2D eigenvalue weighted by Gasteiger charge is -2.32. The third-order valence-electron chi connectivity index (χ3n) is 5.33. The van der Waals surface area contributed by atoms with Crippen molar-refractivity contribution in [2.45, 2.75) is 26.2 Å². The molecule has 6 nitrogen and oxygen atoms in total. The van der Waals surface area contributed by atoms with Crippen LogP contribution in [0.5, 0.6) is 5.75 Å². The SMILES string of the molecule is CCCCCOc1ccccc1C(=O)Nc1ccccc1C(=O)N1CCN(C)CC1. The standard InChI is InChI=1S/C24H31N3O3/c1-3-4-9-18-30-22-13-8-6-11-20(22)23(28)25-21-12-7-5-10-19(21)24(29)27-16-14-26(2)15-17-27/h5-8,10-13H,3-4,9,14-18H2,1-2H3,(H,25,28). The topological polar surface area (TPSA) is 61.9 Å². The number of benzene rings is 2. The largest absolute Gasteiger partial charge is 0.493 e. The summed E-state index contributed by atoms with van der Waals surface area (Å²) in [6, 6.07) is 14.4. The molecule has 0 spiro atoms. The molecule has 0 radical (unpaired) electrons. The van der Waals surface area contributed by atoms with Crippen molar-refractivity contribution < 1.29 is 14.3 Å². The Labute approximate surface area is 178 Å². The van der Waals surface area contributed by atoms with Crippen molar-refractivity contribution in [3.05, 3.63) is 59.7 Å². The van der Waals surface area contributed by atoms with Gasteiger partial charge in [-0.1, -0.05) is 44.0 Å². The van der Waals surface area contributed by atoms with Crippen molar-refractivity contribution >= 4 is 17.5 Å². The van der Waals surface area contributed by atoms with Crippen LogP contribution in [0.25, 0.3) is 0 Å². The molecule has 2 aromatic carbocycles. The molecule has 0 bridgehead atoms. The smallest absolute Gasteiger partial charge is 0.259 e. The van der Waals surface area contributed by atoms with Gasteiger partial charge in [-0.3, -0.25) is 9.59 Å². The summed E-state index contributed by atoms with van der Waals surface area (Å²) in [4.78, 5) is 30.1. The zero-order chi connectivity index (χ0) is 21.3. The molecule has 0 aliphatic carbocycles. The predicted octanol–water partition coefficient (Wildman–Crippen LogP) is 3.90. The van der Waals surface area contributed by atoms with Crippen LogP contribution in [0.2, 0.25) is 0 Å². The Hall–Kier alpha value is -2.86. The van der Waals surface area contributed by atoms with Crippen molar-refractivity contribution in [1.82, 2.24) is 9.80 Å². The number of carbonyl (C=O) groups is 2. The molecule has 2 amide bonds. The van der Waals surface area contributed by atoms with Crippen LogP contribution in [0.3, 0.4) is 0 Å². The number of hydrogen-bond donors (Lipinski definition) is 1. The van der Waals surface area contributed by atoms with E-state index in [1.54, 1.807) is 18.2 Å². The first-order valence-corrected chi connectivity index (χ1v) is 10.7. The van der Waals surface area contributed by atoms with Gasteiger partial charge in [0.05, 0.1) is 23.4 Å². The molecule has 2 aromatic rings. The molecule has 1 saturated heterocycles. The molecule has 30 heavy (non-hydrogen) atoms. The van der Waals surface area contributed by atoms with E-state index in [0.29, 0.717) is 42.3 Å². The Morgan fingerprint density at radius 2 is 1.60 bits per heavy atom. The number of likely N-dealkylation sites (N-methyl/N-ethyl adjacent to an activating group) is 1. The van der Waals surface area contributed by atoms with Crippen molar-refractivity contribution in [1.29, 1.82) is 0 Å². The molecule has 1 N–H and O–H groups in total. The summed E-state index contributed by atoms with van der Waals surface area (Å²) in [6.07, 6.45) is 3.16. The average molecular weight is 410 g/mol. The van der Waals surface area contributed by atoms with Crippen molar-refractivity contribution in [3.8, 4) is 5.75 Å². The number of piperazine rings is 1. The van der Waals surface area contributed by atoms with Gasteiger partial charge in [0.1, 0.15) is 5.75 Å². The van der Waals surface area contributed by atoms with Gasteiger partial charge in [0.25, 0.3) is 11.8 Å². The number of nitrogens with one attached hydrogen (secondary N) is 1. The Morgan fingerprint density at radius 3 is 2.33 bits per heavy atom. The molecule has 160 valence electrons. The van der Waals surface area contributed by atoms with Crippen LogP contribution < -0.4 is 10.1 Å². The first-order chi connectivity index (χ1) is 14.6. The highest BCUT2D eigenvalue weighted by molar-refractivity contribution is 6.10. The number of para-hydroxylation sites is 2. The minimum absolute atomic E-state index is 0.0527. The van der Waals surface area contributed by atoms with Gasteiger partial charge in [0, 0.05) is 26.2 Å². The van der Waals surface area contributed by atoms with Gasteiger partial charge in [-0.15, -0.1) is 0 Å². The van der Waals surface area contributed by atoms with Gasteiger partial charge in [0.2, 0.25) is 0 Å². The average Bonchev–Trinajstić information content (AvgIpc) is 2.77. The van der Waals surface area contributed by atoms with E-state index in [1.807, 2.05) is 35.2 Å². The third-order valence-corrected chi connectivity index (χ3v) is 5.33. The van der Waals surface area contributed by atoms with Crippen LogP contribution in [-0.4, -0.2) is 61.4 Å². The normalized spacial score (nSPS) is 14.4. The van der Waals surface area contributed by atoms with Gasteiger partial charge in [-0.05, 0) is 37.7 Å². The minimum Gasteiger partial charge on any atom is -0.493 e. The van der Waals surface area contributed by atoms with E-state index in [4.69, 9.17) is 4.74 Å². The van der Waals surface area contributed by atoms with Gasteiger partial charge in [-0.2, -0.15) is 0 Å². The Balaban J connectivity index is 1.73. The Bertz CT molecular complexity index is 860. The number of anilines is 1. The highest BCUT2D eigenvalue weighted by atomic mass is 16.5. The van der Waals surface area contributed by atoms with Crippen LogP contribution in [0.4, 0.5) is 5.69 Å². The summed E-state index contributed by atoms with van der Waals surface area (Å²) in [5.41, 5.74) is 1.50. The summed E-state index contributed by atoms with van der Waals surface area (Å²) in [7, 11) is 2.05. The lowest BCUT2D eigenvalue weighted by atomic mass is 10.1. The van der Waals surface area contributed by atoms with Crippen LogP contribution in [0, 0.1) is 0 Å². The second kappa shape index (κ2) is 10.8. The summed E-state index contributed by atoms with van der Waals surface area (Å²) in [6.45, 7) is 5.79. The van der Waals surface area contributed by atoms with Gasteiger partial charge in [0.15, 0.2) is 0 Å². The number of nitrogens with zero attached hydrogens (tertiary/aromatic N) is 2. The fourth-order valence-corrected chi connectivity index (χ4v) is 3.46. The predicted molar refractivity (Wildman–Crippen MR) is 119 cm³/mol. The first kappa shape index (κ1) is 21.8. The number of ether oxygens (including phenoxy) is 1. The monoisotopic (exact) mass is 409 g/mol. The van der Waals surface area contributed by atoms with E-state index in [9.17, 15) is 9.59 Å². The zero-order valence-corrected chi connectivity index (χ0v) is 17.9. The summed E-state index contributed by atoms with van der Waals surface area (Å²) < 4.78 is 5.84. The lowest BCUT2D eigenvalue weighted by molar-refractivity contribution is 0.0665. The van der Waals surface area contributed by atoms with Gasteiger partial charge in [-0.25, -0.2) is 0 Å². The van der Waals surface area contributed by atoms with Crippen LogP contribution >= 0.6 is 0 Å². The van der Waals surface area contributed by atoms with Crippen LogP contribution in [0.1, 0.15) is 46.9 Å². The van der Waals surface area contributed by atoms with E-state index in [-0.39, 0.29) is 11.8 Å². The maximum atomic E-state index is 13.0. The number of carbonyl (C=O) groups excluding carboxylic acids is 2. The molecule has 1 aliphatic heterocycles. The zero-order valence-electron chi connectivity index (χ0n) is 17.9. The molecule has 1 aliphatic rings. The van der Waals surface area contributed by atoms with Crippen LogP contribution in [0.15, 0.2) is 48.5 Å². The number of hydrogen-bond acceptors (Lipinski definition) is 4.